The molecule has 0 unspecified atom stereocenters. The summed E-state index contributed by atoms with van der Waals surface area (Å²) in [4.78, 5) is 53.8. The first-order chi connectivity index (χ1) is 20.4. The number of ether oxygens (including phenoxy) is 2. The number of nitrogens with one attached hydrogen (secondary N) is 1. The number of likely N-dealkylation sites (tertiary alicyclic amines) is 1. The number of carbonyl (C=O) groups is 3. The van der Waals surface area contributed by atoms with E-state index in [0.29, 0.717) is 55.9 Å². The van der Waals surface area contributed by atoms with Crippen LogP contribution >= 0.6 is 0 Å². The van der Waals surface area contributed by atoms with Crippen molar-refractivity contribution in [2.45, 2.75) is 86.3 Å². The van der Waals surface area contributed by atoms with Crippen molar-refractivity contribution in [1.29, 1.82) is 0 Å². The van der Waals surface area contributed by atoms with Gasteiger partial charge in [-0.25, -0.2) is 14.6 Å². The average molecular weight is 597 g/mol. The Bertz CT molecular complexity index is 1230. The number of amides is 2. The highest BCUT2D eigenvalue weighted by Gasteiger charge is 2.29. The van der Waals surface area contributed by atoms with Crippen molar-refractivity contribution >= 4 is 35.4 Å². The van der Waals surface area contributed by atoms with Gasteiger partial charge in [0, 0.05) is 45.1 Å². The van der Waals surface area contributed by atoms with Crippen LogP contribution in [-0.2, 0) is 20.7 Å². The molecule has 2 heterocycles. The van der Waals surface area contributed by atoms with Gasteiger partial charge in [0.15, 0.2) is 5.82 Å². The van der Waals surface area contributed by atoms with Crippen LogP contribution in [0.3, 0.4) is 0 Å². The second-order valence-electron chi connectivity index (χ2n) is 12.0. The molecule has 11 heteroatoms. The van der Waals surface area contributed by atoms with Crippen LogP contribution in [0.2, 0.25) is 0 Å². The number of anilines is 3. The van der Waals surface area contributed by atoms with E-state index in [1.807, 2.05) is 72.4 Å². The van der Waals surface area contributed by atoms with E-state index in [2.05, 4.69) is 10.3 Å². The molecule has 2 amide bonds. The summed E-state index contributed by atoms with van der Waals surface area (Å²) in [5.41, 5.74) is 0.610. The van der Waals surface area contributed by atoms with E-state index in [4.69, 9.17) is 14.5 Å². The Balaban J connectivity index is 1.95. The van der Waals surface area contributed by atoms with E-state index in [0.717, 1.165) is 18.4 Å². The van der Waals surface area contributed by atoms with Crippen LogP contribution in [0.15, 0.2) is 30.5 Å². The molecule has 0 aliphatic carbocycles. The molecular formula is C32H48N6O5. The van der Waals surface area contributed by atoms with Gasteiger partial charge in [-0.05, 0) is 72.1 Å². The number of esters is 1. The lowest BCUT2D eigenvalue weighted by molar-refractivity contribution is -0.155. The SMILES string of the molecule is CCN(CC)c1ncc(N(CC)C(=O)C(C)C)c(N[C@H](Cc2ccc(OC(=O)N3CCCC3)cc2)C(=O)OC(C)(C)C)n1. The molecule has 1 N–H and O–H groups in total. The minimum atomic E-state index is -0.830. The van der Waals surface area contributed by atoms with Gasteiger partial charge in [0.05, 0.1) is 6.20 Å². The molecule has 1 atom stereocenters. The van der Waals surface area contributed by atoms with Crippen molar-refractivity contribution < 1.29 is 23.9 Å². The van der Waals surface area contributed by atoms with Crippen molar-refractivity contribution in [1.82, 2.24) is 14.9 Å². The lowest BCUT2D eigenvalue weighted by atomic mass is 10.0. The molecule has 1 aliphatic rings. The van der Waals surface area contributed by atoms with Crippen LogP contribution in [0.4, 0.5) is 22.2 Å². The minimum absolute atomic E-state index is 0.0716. The summed E-state index contributed by atoms with van der Waals surface area (Å²) >= 11 is 0. The smallest absolute Gasteiger partial charge is 0.415 e. The summed E-state index contributed by atoms with van der Waals surface area (Å²) in [7, 11) is 0. The fourth-order valence-electron chi connectivity index (χ4n) is 4.81. The molecule has 0 radical (unpaired) electrons. The maximum Gasteiger partial charge on any atom is 0.415 e. The molecule has 0 bridgehead atoms. The van der Waals surface area contributed by atoms with Gasteiger partial charge in [-0.3, -0.25) is 4.79 Å². The molecule has 43 heavy (non-hydrogen) atoms. The summed E-state index contributed by atoms with van der Waals surface area (Å²) in [6.07, 6.45) is 3.53. The first kappa shape index (κ1) is 33.6. The molecule has 1 aromatic carbocycles. The number of hydrogen-bond acceptors (Lipinski definition) is 9. The molecule has 0 spiro atoms. The molecule has 236 valence electrons. The van der Waals surface area contributed by atoms with Crippen LogP contribution in [0.25, 0.3) is 0 Å². The van der Waals surface area contributed by atoms with Crippen LogP contribution in [0.1, 0.15) is 73.8 Å². The lowest BCUT2D eigenvalue weighted by Crippen LogP contribution is -2.40. The van der Waals surface area contributed by atoms with Gasteiger partial charge < -0.3 is 29.5 Å². The van der Waals surface area contributed by atoms with Gasteiger partial charge in [0.1, 0.15) is 23.1 Å². The van der Waals surface area contributed by atoms with E-state index in [1.54, 1.807) is 28.1 Å². The summed E-state index contributed by atoms with van der Waals surface area (Å²) in [5.74, 6) is 0.545. The molecule has 3 rings (SSSR count). The molecule has 11 nitrogen and oxygen atoms in total. The summed E-state index contributed by atoms with van der Waals surface area (Å²) in [6.45, 7) is 18.3. The van der Waals surface area contributed by atoms with E-state index in [9.17, 15) is 14.4 Å². The van der Waals surface area contributed by atoms with Crippen molar-refractivity contribution in [3.63, 3.8) is 0 Å². The fraction of sp³-hybridized carbons (Fsp3) is 0.594. The van der Waals surface area contributed by atoms with Gasteiger partial charge in [0.25, 0.3) is 0 Å². The second-order valence-corrected chi connectivity index (χ2v) is 12.0. The molecule has 1 aliphatic heterocycles. The van der Waals surface area contributed by atoms with Gasteiger partial charge in [-0.2, -0.15) is 4.98 Å². The Kier molecular flexibility index (Phi) is 11.7. The van der Waals surface area contributed by atoms with Gasteiger partial charge in [0.2, 0.25) is 11.9 Å². The Hall–Kier alpha value is -3.89. The number of aromatic nitrogens is 2. The topological polar surface area (TPSA) is 117 Å². The standard InChI is InChI=1S/C32H48N6O5/c1-9-36(10-2)30-33-21-26(38(11-3)28(39)22(4)5)27(35-30)34-25(29(40)43-32(6,7)8)20-23-14-16-24(17-15-23)42-31(41)37-18-12-13-19-37/h14-17,21-22,25H,9-13,18-20H2,1-8H3,(H,33,34,35)/t25-/m1/s1. The zero-order valence-corrected chi connectivity index (χ0v) is 27.0. The molecule has 1 fully saturated rings. The normalized spacial score (nSPS) is 13.9. The van der Waals surface area contributed by atoms with Gasteiger partial charge in [-0.15, -0.1) is 0 Å². The zero-order chi connectivity index (χ0) is 31.7. The number of hydrogen-bond donors (Lipinski definition) is 1. The lowest BCUT2D eigenvalue weighted by Gasteiger charge is -2.29. The van der Waals surface area contributed by atoms with Crippen molar-refractivity contribution in [3.8, 4) is 5.75 Å². The quantitative estimate of drug-likeness (QED) is 0.326. The third-order valence-corrected chi connectivity index (χ3v) is 7.10. The zero-order valence-electron chi connectivity index (χ0n) is 27.0. The van der Waals surface area contributed by atoms with Crippen molar-refractivity contribution in [3.05, 3.63) is 36.0 Å². The average Bonchev–Trinajstić information content (AvgIpc) is 3.50. The van der Waals surface area contributed by atoms with Crippen molar-refractivity contribution in [2.75, 3.05) is 47.8 Å². The second kappa shape index (κ2) is 15.0. The van der Waals surface area contributed by atoms with Crippen LogP contribution in [-0.4, -0.2) is 77.2 Å². The van der Waals surface area contributed by atoms with Gasteiger partial charge >= 0.3 is 12.1 Å². The Morgan fingerprint density at radius 3 is 2.16 bits per heavy atom. The monoisotopic (exact) mass is 596 g/mol. The van der Waals surface area contributed by atoms with Crippen LogP contribution in [0, 0.1) is 5.92 Å². The highest BCUT2D eigenvalue weighted by Crippen LogP contribution is 2.29. The maximum absolute atomic E-state index is 13.6. The first-order valence-corrected chi connectivity index (χ1v) is 15.3. The van der Waals surface area contributed by atoms with Gasteiger partial charge in [-0.1, -0.05) is 26.0 Å². The number of rotatable bonds is 12. The van der Waals surface area contributed by atoms with Crippen molar-refractivity contribution in [2.24, 2.45) is 5.92 Å². The molecule has 0 saturated carbocycles. The van der Waals surface area contributed by atoms with Crippen LogP contribution in [0.5, 0.6) is 5.75 Å². The number of carbonyl (C=O) groups excluding carboxylic acids is 3. The van der Waals surface area contributed by atoms with Crippen LogP contribution < -0.4 is 19.9 Å². The van der Waals surface area contributed by atoms with E-state index in [-0.39, 0.29) is 24.3 Å². The molecular weight excluding hydrogens is 548 g/mol. The highest BCUT2D eigenvalue weighted by atomic mass is 16.6. The minimum Gasteiger partial charge on any atom is -0.458 e. The largest absolute Gasteiger partial charge is 0.458 e. The van der Waals surface area contributed by atoms with E-state index < -0.39 is 17.6 Å². The van der Waals surface area contributed by atoms with E-state index in [1.165, 1.54) is 0 Å². The number of nitrogens with zero attached hydrogens (tertiary/aromatic N) is 5. The summed E-state index contributed by atoms with van der Waals surface area (Å²) < 4.78 is 11.3. The highest BCUT2D eigenvalue weighted by molar-refractivity contribution is 5.97. The maximum atomic E-state index is 13.6. The summed E-state index contributed by atoms with van der Waals surface area (Å²) in [5, 5.41) is 3.32. The Morgan fingerprint density at radius 2 is 1.63 bits per heavy atom. The first-order valence-electron chi connectivity index (χ1n) is 15.3. The molecule has 1 aromatic heterocycles. The third-order valence-electron chi connectivity index (χ3n) is 7.10. The van der Waals surface area contributed by atoms with E-state index >= 15 is 0 Å². The Morgan fingerprint density at radius 1 is 1.00 bits per heavy atom. The predicted octanol–water partition coefficient (Wildman–Crippen LogP) is 5.29. The Labute approximate surface area is 255 Å². The third kappa shape index (κ3) is 9.30. The fourth-order valence-corrected chi connectivity index (χ4v) is 4.81. The predicted molar refractivity (Wildman–Crippen MR) is 169 cm³/mol. The summed E-state index contributed by atoms with van der Waals surface area (Å²) in [6, 6.07) is 6.28. The molecule has 2 aromatic rings. The number of benzene rings is 1. The molecule has 1 saturated heterocycles.